The van der Waals surface area contributed by atoms with Gasteiger partial charge < -0.3 is 14.8 Å². The zero-order chi connectivity index (χ0) is 18.1. The van der Waals surface area contributed by atoms with Crippen LogP contribution in [0.5, 0.6) is 11.5 Å². The fourth-order valence-electron chi connectivity index (χ4n) is 2.30. The van der Waals surface area contributed by atoms with Gasteiger partial charge in [-0.25, -0.2) is 0 Å². The van der Waals surface area contributed by atoms with Crippen LogP contribution < -0.4 is 14.8 Å². The number of hydrogen-bond donors (Lipinski definition) is 1. The average molecular weight is 341 g/mol. The highest BCUT2D eigenvalue weighted by molar-refractivity contribution is 5.75. The molecule has 0 spiro atoms. The van der Waals surface area contributed by atoms with Gasteiger partial charge in [-0.15, -0.1) is 0 Å². The van der Waals surface area contributed by atoms with Crippen LogP contribution in [-0.4, -0.2) is 18.1 Å². The van der Waals surface area contributed by atoms with Crippen LogP contribution in [0.4, 0.5) is 0 Å². The summed E-state index contributed by atoms with van der Waals surface area (Å²) in [6, 6.07) is 17.4. The molecule has 2 aromatic rings. The highest BCUT2D eigenvalue weighted by atomic mass is 16.5. The number of amides is 1. The number of nitrogens with one attached hydrogen (secondary N) is 1. The molecule has 1 N–H and O–H groups in total. The Bertz CT molecular complexity index is 662. The molecule has 25 heavy (non-hydrogen) atoms. The van der Waals surface area contributed by atoms with Crippen LogP contribution in [0.2, 0.25) is 0 Å². The Hall–Kier alpha value is -2.49. The van der Waals surface area contributed by atoms with Gasteiger partial charge in [-0.2, -0.15) is 0 Å². The van der Waals surface area contributed by atoms with Gasteiger partial charge in [0.2, 0.25) is 5.91 Å². The number of carbonyl (C=O) groups excluding carboxylic acids is 1. The molecular weight excluding hydrogens is 314 g/mol. The largest absolute Gasteiger partial charge is 0.494 e. The minimum Gasteiger partial charge on any atom is -0.494 e. The van der Waals surface area contributed by atoms with Crippen molar-refractivity contribution in [3.63, 3.8) is 0 Å². The van der Waals surface area contributed by atoms with Crippen molar-refractivity contribution in [3.05, 3.63) is 60.2 Å². The molecule has 0 unspecified atom stereocenters. The standard InChI is InChI=1S/C21H27NO3/c1-21(2,3)25-19-13-8-7-10-17(19)16-22-20(23)14-9-15-24-18-11-5-4-6-12-18/h4-8,10-13H,9,14-16H2,1-3H3,(H,22,23). The van der Waals surface area contributed by atoms with E-state index in [-0.39, 0.29) is 11.5 Å². The molecule has 2 rings (SSSR count). The van der Waals surface area contributed by atoms with Crippen molar-refractivity contribution in [1.82, 2.24) is 5.32 Å². The molecular formula is C21H27NO3. The fraction of sp³-hybridized carbons (Fsp3) is 0.381. The molecule has 0 saturated carbocycles. The maximum atomic E-state index is 12.0. The van der Waals surface area contributed by atoms with Crippen molar-refractivity contribution in [2.24, 2.45) is 0 Å². The molecule has 0 aromatic heterocycles. The lowest BCUT2D eigenvalue weighted by Gasteiger charge is -2.23. The first kappa shape index (κ1) is 18.8. The van der Waals surface area contributed by atoms with E-state index in [1.54, 1.807) is 0 Å². The second-order valence-corrected chi connectivity index (χ2v) is 6.86. The van der Waals surface area contributed by atoms with Gasteiger partial charge in [0.1, 0.15) is 17.1 Å². The molecule has 4 heteroatoms. The first-order valence-corrected chi connectivity index (χ1v) is 8.65. The van der Waals surface area contributed by atoms with Crippen molar-refractivity contribution >= 4 is 5.91 Å². The van der Waals surface area contributed by atoms with Gasteiger partial charge in [-0.05, 0) is 45.4 Å². The van der Waals surface area contributed by atoms with Gasteiger partial charge in [-0.1, -0.05) is 36.4 Å². The van der Waals surface area contributed by atoms with Crippen molar-refractivity contribution < 1.29 is 14.3 Å². The van der Waals surface area contributed by atoms with Crippen molar-refractivity contribution in [3.8, 4) is 11.5 Å². The second kappa shape index (κ2) is 9.11. The lowest BCUT2D eigenvalue weighted by molar-refractivity contribution is -0.121. The number of para-hydroxylation sites is 2. The number of benzene rings is 2. The lowest BCUT2D eigenvalue weighted by atomic mass is 10.1. The first-order valence-electron chi connectivity index (χ1n) is 8.65. The summed E-state index contributed by atoms with van der Waals surface area (Å²) in [5.41, 5.74) is 0.709. The van der Waals surface area contributed by atoms with E-state index in [0.717, 1.165) is 17.1 Å². The van der Waals surface area contributed by atoms with E-state index in [4.69, 9.17) is 9.47 Å². The monoisotopic (exact) mass is 341 g/mol. The minimum absolute atomic E-state index is 0.0159. The average Bonchev–Trinajstić information content (AvgIpc) is 2.57. The number of ether oxygens (including phenoxy) is 2. The highest BCUT2D eigenvalue weighted by Gasteiger charge is 2.14. The van der Waals surface area contributed by atoms with E-state index in [1.807, 2.05) is 75.4 Å². The summed E-state index contributed by atoms with van der Waals surface area (Å²) in [7, 11) is 0. The van der Waals surface area contributed by atoms with Crippen LogP contribution in [0.25, 0.3) is 0 Å². The van der Waals surface area contributed by atoms with Gasteiger partial charge in [0.15, 0.2) is 0 Å². The van der Waals surface area contributed by atoms with Crippen LogP contribution in [-0.2, 0) is 11.3 Å². The molecule has 1 amide bonds. The Labute approximate surface area is 150 Å². The summed E-state index contributed by atoms with van der Waals surface area (Å²) in [6.45, 7) is 7.02. The molecule has 0 aliphatic carbocycles. The summed E-state index contributed by atoms with van der Waals surface area (Å²) in [5.74, 6) is 1.65. The van der Waals surface area contributed by atoms with Crippen molar-refractivity contribution in [2.45, 2.75) is 45.8 Å². The normalized spacial score (nSPS) is 11.0. The van der Waals surface area contributed by atoms with Gasteiger partial charge in [0.05, 0.1) is 6.61 Å². The van der Waals surface area contributed by atoms with Crippen LogP contribution in [0.15, 0.2) is 54.6 Å². The summed E-state index contributed by atoms with van der Waals surface area (Å²) in [5, 5.41) is 2.95. The van der Waals surface area contributed by atoms with E-state index >= 15 is 0 Å². The van der Waals surface area contributed by atoms with Crippen molar-refractivity contribution in [1.29, 1.82) is 0 Å². The van der Waals surface area contributed by atoms with E-state index < -0.39 is 0 Å². The SMILES string of the molecule is CC(C)(C)Oc1ccccc1CNC(=O)CCCOc1ccccc1. The molecule has 0 heterocycles. The number of hydrogen-bond acceptors (Lipinski definition) is 3. The van der Waals surface area contributed by atoms with Gasteiger partial charge in [-0.3, -0.25) is 4.79 Å². The van der Waals surface area contributed by atoms with Crippen LogP contribution in [0, 0.1) is 0 Å². The summed E-state index contributed by atoms with van der Waals surface area (Å²) >= 11 is 0. The van der Waals surface area contributed by atoms with Crippen molar-refractivity contribution in [2.75, 3.05) is 6.61 Å². The topological polar surface area (TPSA) is 47.6 Å². The molecule has 0 fully saturated rings. The van der Waals surface area contributed by atoms with E-state index in [2.05, 4.69) is 5.32 Å². The Kier molecular flexibility index (Phi) is 6.87. The molecule has 0 saturated heterocycles. The van der Waals surface area contributed by atoms with Gasteiger partial charge >= 0.3 is 0 Å². The Morgan fingerprint density at radius 2 is 1.68 bits per heavy atom. The maximum absolute atomic E-state index is 12.0. The third-order valence-corrected chi connectivity index (χ3v) is 3.42. The molecule has 0 aliphatic heterocycles. The molecule has 2 aromatic carbocycles. The number of rotatable bonds is 8. The predicted molar refractivity (Wildman–Crippen MR) is 99.8 cm³/mol. The zero-order valence-corrected chi connectivity index (χ0v) is 15.2. The zero-order valence-electron chi connectivity index (χ0n) is 15.2. The summed E-state index contributed by atoms with van der Waals surface area (Å²) in [4.78, 5) is 12.0. The molecule has 0 atom stereocenters. The maximum Gasteiger partial charge on any atom is 0.220 e. The summed E-state index contributed by atoms with van der Waals surface area (Å²) in [6.07, 6.45) is 1.12. The molecule has 0 bridgehead atoms. The van der Waals surface area contributed by atoms with Gasteiger partial charge in [0.25, 0.3) is 0 Å². The molecule has 134 valence electrons. The summed E-state index contributed by atoms with van der Waals surface area (Å²) < 4.78 is 11.5. The van der Waals surface area contributed by atoms with Gasteiger partial charge in [0, 0.05) is 18.5 Å². The third kappa shape index (κ3) is 7.29. The first-order chi connectivity index (χ1) is 11.9. The van der Waals surface area contributed by atoms with Crippen LogP contribution >= 0.6 is 0 Å². The third-order valence-electron chi connectivity index (χ3n) is 3.42. The van der Waals surface area contributed by atoms with Crippen LogP contribution in [0.3, 0.4) is 0 Å². The van der Waals surface area contributed by atoms with Crippen LogP contribution in [0.1, 0.15) is 39.2 Å². The van der Waals surface area contributed by atoms with E-state index in [1.165, 1.54) is 0 Å². The second-order valence-electron chi connectivity index (χ2n) is 6.86. The number of carbonyl (C=O) groups is 1. The Morgan fingerprint density at radius 3 is 2.40 bits per heavy atom. The fourth-order valence-corrected chi connectivity index (χ4v) is 2.30. The highest BCUT2D eigenvalue weighted by Crippen LogP contribution is 2.22. The quantitative estimate of drug-likeness (QED) is 0.727. The minimum atomic E-state index is -0.269. The smallest absolute Gasteiger partial charge is 0.220 e. The lowest BCUT2D eigenvalue weighted by Crippen LogP contribution is -2.26. The molecule has 0 radical (unpaired) electrons. The van der Waals surface area contributed by atoms with E-state index in [9.17, 15) is 4.79 Å². The Morgan fingerprint density at radius 1 is 1.00 bits per heavy atom. The van der Waals surface area contributed by atoms with E-state index in [0.29, 0.717) is 26.0 Å². The molecule has 4 nitrogen and oxygen atoms in total. The molecule has 0 aliphatic rings. The Balaban J connectivity index is 1.73. The predicted octanol–water partition coefficient (Wildman–Crippen LogP) is 4.34.